The Morgan fingerprint density at radius 1 is 1.05 bits per heavy atom. The highest BCUT2D eigenvalue weighted by molar-refractivity contribution is 5.91. The summed E-state index contributed by atoms with van der Waals surface area (Å²) in [6.07, 6.45) is 1.48. The van der Waals surface area contributed by atoms with Gasteiger partial charge in [0.25, 0.3) is 0 Å². The first kappa shape index (κ1) is 15.1. The molecule has 0 radical (unpaired) electrons. The largest absolute Gasteiger partial charge is 0.374 e. The summed E-state index contributed by atoms with van der Waals surface area (Å²) in [7, 11) is 2.00. The van der Waals surface area contributed by atoms with Crippen LogP contribution in [0.4, 0.5) is 11.4 Å². The standard InChI is InChI=1S/C18H22N2O/c1-3-15-9-11-16(12-10-15)19-18(21)13-14-20(2)17-7-5-4-6-8-17/h4-12H,3,13-14H2,1-2H3,(H,19,21). The second-order valence-electron chi connectivity index (χ2n) is 5.11. The molecule has 2 aromatic carbocycles. The van der Waals surface area contributed by atoms with Crippen molar-refractivity contribution in [2.24, 2.45) is 0 Å². The summed E-state index contributed by atoms with van der Waals surface area (Å²) < 4.78 is 0. The summed E-state index contributed by atoms with van der Waals surface area (Å²) in [5.41, 5.74) is 3.26. The fourth-order valence-corrected chi connectivity index (χ4v) is 2.13. The van der Waals surface area contributed by atoms with E-state index >= 15 is 0 Å². The fourth-order valence-electron chi connectivity index (χ4n) is 2.13. The third-order valence-electron chi connectivity index (χ3n) is 3.52. The number of carbonyl (C=O) groups excluding carboxylic acids is 1. The van der Waals surface area contributed by atoms with Crippen LogP contribution in [0.25, 0.3) is 0 Å². The molecule has 0 heterocycles. The number of nitrogens with zero attached hydrogens (tertiary/aromatic N) is 1. The number of anilines is 2. The maximum absolute atomic E-state index is 12.0. The highest BCUT2D eigenvalue weighted by atomic mass is 16.1. The Labute approximate surface area is 126 Å². The minimum atomic E-state index is 0.0435. The molecular weight excluding hydrogens is 260 g/mol. The van der Waals surface area contributed by atoms with Crippen molar-refractivity contribution >= 4 is 17.3 Å². The lowest BCUT2D eigenvalue weighted by Crippen LogP contribution is -2.23. The number of para-hydroxylation sites is 1. The normalized spacial score (nSPS) is 10.2. The van der Waals surface area contributed by atoms with Crippen LogP contribution < -0.4 is 10.2 Å². The lowest BCUT2D eigenvalue weighted by molar-refractivity contribution is -0.116. The van der Waals surface area contributed by atoms with Gasteiger partial charge < -0.3 is 10.2 Å². The molecule has 3 nitrogen and oxygen atoms in total. The maximum Gasteiger partial charge on any atom is 0.226 e. The molecule has 110 valence electrons. The van der Waals surface area contributed by atoms with Crippen LogP contribution in [0, 0.1) is 0 Å². The van der Waals surface area contributed by atoms with E-state index in [4.69, 9.17) is 0 Å². The number of hydrogen-bond donors (Lipinski definition) is 1. The number of nitrogens with one attached hydrogen (secondary N) is 1. The average molecular weight is 282 g/mol. The second kappa shape index (κ2) is 7.48. The third-order valence-corrected chi connectivity index (χ3v) is 3.52. The van der Waals surface area contributed by atoms with Gasteiger partial charge in [-0.05, 0) is 36.2 Å². The first-order valence-electron chi connectivity index (χ1n) is 7.34. The van der Waals surface area contributed by atoms with E-state index in [9.17, 15) is 4.79 Å². The van der Waals surface area contributed by atoms with Crippen molar-refractivity contribution < 1.29 is 4.79 Å². The van der Waals surface area contributed by atoms with Gasteiger partial charge in [0.1, 0.15) is 0 Å². The van der Waals surface area contributed by atoms with Crippen molar-refractivity contribution in [3.05, 3.63) is 60.2 Å². The summed E-state index contributed by atoms with van der Waals surface area (Å²) in [5, 5.41) is 2.93. The van der Waals surface area contributed by atoms with Crippen LogP contribution in [-0.2, 0) is 11.2 Å². The molecule has 0 aliphatic rings. The van der Waals surface area contributed by atoms with Crippen LogP contribution in [0.3, 0.4) is 0 Å². The lowest BCUT2D eigenvalue weighted by Gasteiger charge is -2.18. The Kier molecular flexibility index (Phi) is 5.38. The summed E-state index contributed by atoms with van der Waals surface area (Å²) in [6.45, 7) is 2.82. The molecule has 2 aromatic rings. The first-order valence-corrected chi connectivity index (χ1v) is 7.34. The third kappa shape index (κ3) is 4.63. The van der Waals surface area contributed by atoms with Gasteiger partial charge in [0, 0.05) is 31.4 Å². The molecule has 0 aromatic heterocycles. The van der Waals surface area contributed by atoms with Gasteiger partial charge in [0.15, 0.2) is 0 Å². The molecule has 0 saturated heterocycles. The molecule has 0 bridgehead atoms. The molecule has 1 N–H and O–H groups in total. The molecule has 0 unspecified atom stereocenters. The van der Waals surface area contributed by atoms with Crippen LogP contribution in [0.2, 0.25) is 0 Å². The van der Waals surface area contributed by atoms with Crippen LogP contribution in [0.1, 0.15) is 18.9 Å². The molecule has 0 aliphatic carbocycles. The van der Waals surface area contributed by atoms with Gasteiger partial charge in [-0.1, -0.05) is 37.3 Å². The molecule has 1 amide bonds. The van der Waals surface area contributed by atoms with Crippen LogP contribution in [0.15, 0.2) is 54.6 Å². The van der Waals surface area contributed by atoms with Crippen molar-refractivity contribution in [1.29, 1.82) is 0 Å². The maximum atomic E-state index is 12.0. The Morgan fingerprint density at radius 2 is 1.71 bits per heavy atom. The van der Waals surface area contributed by atoms with E-state index in [1.807, 2.05) is 61.6 Å². The Hall–Kier alpha value is -2.29. The number of benzene rings is 2. The zero-order valence-electron chi connectivity index (χ0n) is 12.7. The van der Waals surface area contributed by atoms with Crippen molar-refractivity contribution in [1.82, 2.24) is 0 Å². The van der Waals surface area contributed by atoms with Crippen LogP contribution in [-0.4, -0.2) is 19.5 Å². The molecule has 0 saturated carbocycles. The highest BCUT2D eigenvalue weighted by Crippen LogP contribution is 2.12. The van der Waals surface area contributed by atoms with Gasteiger partial charge in [-0.2, -0.15) is 0 Å². The van der Waals surface area contributed by atoms with Crippen molar-refractivity contribution in [2.45, 2.75) is 19.8 Å². The zero-order valence-corrected chi connectivity index (χ0v) is 12.7. The van der Waals surface area contributed by atoms with Gasteiger partial charge in [0.2, 0.25) is 5.91 Å². The minimum absolute atomic E-state index is 0.0435. The molecule has 0 fully saturated rings. The summed E-state index contributed by atoms with van der Waals surface area (Å²) in [5.74, 6) is 0.0435. The number of hydrogen-bond acceptors (Lipinski definition) is 2. The molecule has 0 aliphatic heterocycles. The number of carbonyl (C=O) groups is 1. The Bertz CT molecular complexity index is 564. The van der Waals surface area contributed by atoms with Gasteiger partial charge in [-0.25, -0.2) is 0 Å². The summed E-state index contributed by atoms with van der Waals surface area (Å²) in [4.78, 5) is 14.0. The van der Waals surface area contributed by atoms with Gasteiger partial charge in [-0.3, -0.25) is 4.79 Å². The van der Waals surface area contributed by atoms with E-state index in [0.717, 1.165) is 17.8 Å². The van der Waals surface area contributed by atoms with Gasteiger partial charge >= 0.3 is 0 Å². The number of amides is 1. The highest BCUT2D eigenvalue weighted by Gasteiger charge is 2.05. The SMILES string of the molecule is CCc1ccc(NC(=O)CCN(C)c2ccccc2)cc1. The molecule has 3 heteroatoms. The second-order valence-corrected chi connectivity index (χ2v) is 5.11. The number of rotatable bonds is 6. The van der Waals surface area contributed by atoms with E-state index in [2.05, 4.69) is 17.1 Å². The van der Waals surface area contributed by atoms with E-state index in [0.29, 0.717) is 13.0 Å². The molecule has 0 spiro atoms. The van der Waals surface area contributed by atoms with E-state index in [-0.39, 0.29) is 5.91 Å². The summed E-state index contributed by atoms with van der Waals surface area (Å²) >= 11 is 0. The van der Waals surface area contributed by atoms with E-state index in [1.165, 1.54) is 5.56 Å². The number of aryl methyl sites for hydroxylation is 1. The monoisotopic (exact) mass is 282 g/mol. The first-order chi connectivity index (χ1) is 10.2. The zero-order chi connectivity index (χ0) is 15.1. The Balaban J connectivity index is 1.81. The molecule has 2 rings (SSSR count). The Morgan fingerprint density at radius 3 is 2.33 bits per heavy atom. The predicted molar refractivity (Wildman–Crippen MR) is 88.8 cm³/mol. The topological polar surface area (TPSA) is 32.3 Å². The molecular formula is C18H22N2O. The summed E-state index contributed by atoms with van der Waals surface area (Å²) in [6, 6.07) is 18.1. The van der Waals surface area contributed by atoms with Gasteiger partial charge in [-0.15, -0.1) is 0 Å². The van der Waals surface area contributed by atoms with Crippen molar-refractivity contribution in [2.75, 3.05) is 23.8 Å². The van der Waals surface area contributed by atoms with Crippen molar-refractivity contribution in [3.63, 3.8) is 0 Å². The van der Waals surface area contributed by atoms with Crippen LogP contribution >= 0.6 is 0 Å². The van der Waals surface area contributed by atoms with Gasteiger partial charge in [0.05, 0.1) is 0 Å². The average Bonchev–Trinajstić information content (AvgIpc) is 2.54. The fraction of sp³-hybridized carbons (Fsp3) is 0.278. The molecule has 21 heavy (non-hydrogen) atoms. The predicted octanol–water partition coefficient (Wildman–Crippen LogP) is 3.71. The lowest BCUT2D eigenvalue weighted by atomic mass is 10.1. The minimum Gasteiger partial charge on any atom is -0.374 e. The van der Waals surface area contributed by atoms with E-state index in [1.54, 1.807) is 0 Å². The van der Waals surface area contributed by atoms with Crippen molar-refractivity contribution in [3.8, 4) is 0 Å². The van der Waals surface area contributed by atoms with E-state index < -0.39 is 0 Å². The quantitative estimate of drug-likeness (QED) is 0.876. The van der Waals surface area contributed by atoms with Crippen LogP contribution in [0.5, 0.6) is 0 Å². The smallest absolute Gasteiger partial charge is 0.226 e. The molecule has 0 atom stereocenters.